The van der Waals surface area contributed by atoms with Crippen molar-refractivity contribution in [3.63, 3.8) is 0 Å². The minimum Gasteiger partial charge on any atom is -0.496 e. The summed E-state index contributed by atoms with van der Waals surface area (Å²) in [5.41, 5.74) is 3.56. The van der Waals surface area contributed by atoms with Gasteiger partial charge >= 0.3 is 6.09 Å². The molecule has 30 heavy (non-hydrogen) atoms. The number of nitrogens with zero attached hydrogens (tertiary/aromatic N) is 1. The quantitative estimate of drug-likeness (QED) is 0.556. The van der Waals surface area contributed by atoms with E-state index < -0.39 is 0 Å². The Balaban J connectivity index is 1.39. The van der Waals surface area contributed by atoms with Crippen LogP contribution in [0.2, 0.25) is 0 Å². The number of hydrogen-bond acceptors (Lipinski definition) is 3. The molecule has 1 amide bonds. The van der Waals surface area contributed by atoms with E-state index in [-0.39, 0.29) is 18.2 Å². The van der Waals surface area contributed by atoms with Crippen molar-refractivity contribution >= 4 is 22.4 Å². The van der Waals surface area contributed by atoms with Crippen LogP contribution in [0.3, 0.4) is 0 Å². The average molecular weight is 399 g/mol. The van der Waals surface area contributed by atoms with Gasteiger partial charge in [-0.3, -0.25) is 4.90 Å². The highest BCUT2D eigenvalue weighted by Gasteiger charge is 2.40. The topological polar surface area (TPSA) is 38.8 Å². The van der Waals surface area contributed by atoms with Crippen molar-refractivity contribution in [3.8, 4) is 5.75 Å². The number of hydrogen-bond donors (Lipinski definition) is 0. The van der Waals surface area contributed by atoms with Crippen molar-refractivity contribution in [1.29, 1.82) is 0 Å². The van der Waals surface area contributed by atoms with E-state index in [1.54, 1.807) is 7.11 Å². The van der Waals surface area contributed by atoms with Gasteiger partial charge in [-0.2, -0.15) is 0 Å². The zero-order chi connectivity index (χ0) is 20.5. The molecule has 0 aliphatic carbocycles. The Kier molecular flexibility index (Phi) is 4.91. The van der Waals surface area contributed by atoms with Crippen LogP contribution in [0.15, 0.2) is 72.8 Å². The van der Waals surface area contributed by atoms with Gasteiger partial charge in [0, 0.05) is 11.4 Å². The molecule has 0 aromatic heterocycles. The Morgan fingerprint density at radius 1 is 0.967 bits per heavy atom. The van der Waals surface area contributed by atoms with E-state index >= 15 is 0 Å². The van der Waals surface area contributed by atoms with Crippen LogP contribution in [0.5, 0.6) is 5.75 Å². The van der Waals surface area contributed by atoms with E-state index in [1.165, 1.54) is 16.5 Å². The predicted octanol–water partition coefficient (Wildman–Crippen LogP) is 5.81. The van der Waals surface area contributed by atoms with Crippen LogP contribution in [0.25, 0.3) is 16.3 Å². The SMILES string of the molecule is COc1ccc(C2=CC3CCC(C2)N3C(=O)OCc2ccccc2)c2ccccc12. The monoisotopic (exact) mass is 399 g/mol. The van der Waals surface area contributed by atoms with Crippen LogP contribution >= 0.6 is 0 Å². The van der Waals surface area contributed by atoms with Gasteiger partial charge in [-0.1, -0.05) is 66.7 Å². The molecule has 3 aromatic carbocycles. The van der Waals surface area contributed by atoms with Crippen LogP contribution in [0.4, 0.5) is 4.79 Å². The van der Waals surface area contributed by atoms with E-state index in [2.05, 4.69) is 30.3 Å². The molecule has 2 atom stereocenters. The first-order chi connectivity index (χ1) is 14.7. The van der Waals surface area contributed by atoms with E-state index in [1.807, 2.05) is 47.4 Å². The van der Waals surface area contributed by atoms with Crippen molar-refractivity contribution in [1.82, 2.24) is 4.90 Å². The molecule has 0 spiro atoms. The van der Waals surface area contributed by atoms with Gasteiger partial charge in [0.15, 0.2) is 0 Å². The molecule has 1 fully saturated rings. The van der Waals surface area contributed by atoms with E-state index in [4.69, 9.17) is 9.47 Å². The second-order valence-corrected chi connectivity index (χ2v) is 8.00. The Bertz CT molecular complexity index is 1110. The number of methoxy groups -OCH3 is 1. The Morgan fingerprint density at radius 2 is 1.73 bits per heavy atom. The zero-order valence-corrected chi connectivity index (χ0v) is 17.1. The molecule has 2 heterocycles. The van der Waals surface area contributed by atoms with Crippen LogP contribution < -0.4 is 4.74 Å². The molecule has 2 bridgehead atoms. The van der Waals surface area contributed by atoms with Crippen LogP contribution in [0.1, 0.15) is 30.4 Å². The molecule has 2 aliphatic rings. The van der Waals surface area contributed by atoms with Crippen LogP contribution in [-0.2, 0) is 11.3 Å². The van der Waals surface area contributed by atoms with Gasteiger partial charge in [-0.25, -0.2) is 4.79 Å². The van der Waals surface area contributed by atoms with Crippen molar-refractivity contribution in [2.45, 2.75) is 38.0 Å². The van der Waals surface area contributed by atoms with Crippen LogP contribution in [-0.4, -0.2) is 30.2 Å². The number of rotatable bonds is 4. The standard InChI is InChI=1S/C26H25NO3/c1-29-25-14-13-22(23-9-5-6-10-24(23)25)19-15-20-11-12-21(16-19)27(20)26(28)30-17-18-7-3-2-4-8-18/h2-10,13-15,20-21H,11-12,16-17H2,1H3. The number of fused-ring (bicyclic) bond motifs is 3. The zero-order valence-electron chi connectivity index (χ0n) is 17.1. The van der Waals surface area contributed by atoms with Gasteiger partial charge in [0.2, 0.25) is 0 Å². The molecule has 4 nitrogen and oxygen atoms in total. The summed E-state index contributed by atoms with van der Waals surface area (Å²) in [5, 5.41) is 2.32. The first kappa shape index (κ1) is 18.7. The first-order valence-corrected chi connectivity index (χ1v) is 10.5. The summed E-state index contributed by atoms with van der Waals surface area (Å²) in [6.45, 7) is 0.315. The third-order valence-electron chi connectivity index (χ3n) is 6.26. The molecule has 152 valence electrons. The number of ether oxygens (including phenoxy) is 2. The third-order valence-corrected chi connectivity index (χ3v) is 6.26. The van der Waals surface area contributed by atoms with Crippen molar-refractivity contribution in [2.75, 3.05) is 7.11 Å². The summed E-state index contributed by atoms with van der Waals surface area (Å²) < 4.78 is 11.2. The van der Waals surface area contributed by atoms with Gasteiger partial charge in [-0.15, -0.1) is 0 Å². The lowest BCUT2D eigenvalue weighted by atomic mass is 9.91. The second kappa shape index (κ2) is 7.86. The summed E-state index contributed by atoms with van der Waals surface area (Å²) in [7, 11) is 1.71. The lowest BCUT2D eigenvalue weighted by Crippen LogP contribution is -2.43. The number of carbonyl (C=O) groups is 1. The highest BCUT2D eigenvalue weighted by molar-refractivity contribution is 5.98. The molecule has 0 radical (unpaired) electrons. The Hall–Kier alpha value is -3.27. The fourth-order valence-corrected chi connectivity index (χ4v) is 4.84. The summed E-state index contributed by atoms with van der Waals surface area (Å²) in [6.07, 6.45) is 4.91. The van der Waals surface area contributed by atoms with Crippen molar-refractivity contribution in [3.05, 3.63) is 83.9 Å². The third kappa shape index (κ3) is 3.32. The normalized spacial score (nSPS) is 20.2. The average Bonchev–Trinajstić information content (AvgIpc) is 3.07. The Morgan fingerprint density at radius 3 is 2.50 bits per heavy atom. The first-order valence-electron chi connectivity index (χ1n) is 10.5. The molecule has 0 saturated carbocycles. The summed E-state index contributed by atoms with van der Waals surface area (Å²) in [6, 6.07) is 22.7. The predicted molar refractivity (Wildman–Crippen MR) is 118 cm³/mol. The Labute approximate surface area is 176 Å². The highest BCUT2D eigenvalue weighted by atomic mass is 16.6. The minimum atomic E-state index is -0.207. The fourth-order valence-electron chi connectivity index (χ4n) is 4.84. The summed E-state index contributed by atoms with van der Waals surface area (Å²) >= 11 is 0. The van der Waals surface area contributed by atoms with Crippen molar-refractivity contribution < 1.29 is 14.3 Å². The molecule has 3 aromatic rings. The van der Waals surface area contributed by atoms with Gasteiger partial charge in [0.25, 0.3) is 0 Å². The van der Waals surface area contributed by atoms with Gasteiger partial charge in [0.05, 0.1) is 13.2 Å². The molecule has 2 unspecified atom stereocenters. The maximum atomic E-state index is 12.8. The molecular formula is C26H25NO3. The lowest BCUT2D eigenvalue weighted by Gasteiger charge is -2.33. The van der Waals surface area contributed by atoms with E-state index in [9.17, 15) is 4.79 Å². The summed E-state index contributed by atoms with van der Waals surface area (Å²) in [4.78, 5) is 14.8. The van der Waals surface area contributed by atoms with Crippen molar-refractivity contribution in [2.24, 2.45) is 0 Å². The number of amides is 1. The van der Waals surface area contributed by atoms with E-state index in [0.29, 0.717) is 6.61 Å². The minimum absolute atomic E-state index is 0.0999. The maximum absolute atomic E-state index is 12.8. The molecule has 0 N–H and O–H groups in total. The molecule has 1 saturated heterocycles. The molecule has 2 aliphatic heterocycles. The van der Waals surface area contributed by atoms with Gasteiger partial charge in [0.1, 0.15) is 12.4 Å². The largest absolute Gasteiger partial charge is 0.496 e. The fraction of sp³-hybridized carbons (Fsp3) is 0.269. The van der Waals surface area contributed by atoms with Crippen LogP contribution in [0, 0.1) is 0 Å². The highest BCUT2D eigenvalue weighted by Crippen LogP contribution is 2.41. The van der Waals surface area contributed by atoms with E-state index in [0.717, 1.165) is 36.0 Å². The number of carbonyl (C=O) groups excluding carboxylic acids is 1. The smallest absolute Gasteiger partial charge is 0.410 e. The van der Waals surface area contributed by atoms with Gasteiger partial charge in [-0.05, 0) is 47.4 Å². The second-order valence-electron chi connectivity index (χ2n) is 8.00. The lowest BCUT2D eigenvalue weighted by molar-refractivity contribution is 0.0832. The number of benzene rings is 3. The molecule has 4 heteroatoms. The maximum Gasteiger partial charge on any atom is 0.410 e. The molecule has 5 rings (SSSR count). The molecular weight excluding hydrogens is 374 g/mol. The van der Waals surface area contributed by atoms with Gasteiger partial charge < -0.3 is 9.47 Å². The summed E-state index contributed by atoms with van der Waals surface area (Å²) in [5.74, 6) is 0.889.